The molecule has 0 radical (unpaired) electrons. The number of hydrogen-bond donors (Lipinski definition) is 3. The highest BCUT2D eigenvalue weighted by Crippen LogP contribution is 2.23. The summed E-state index contributed by atoms with van der Waals surface area (Å²) in [4.78, 5) is 15.6. The fourth-order valence-corrected chi connectivity index (χ4v) is 2.02. The summed E-state index contributed by atoms with van der Waals surface area (Å²) in [5.41, 5.74) is 0.642. The van der Waals surface area contributed by atoms with Gasteiger partial charge in [0.1, 0.15) is 5.75 Å². The van der Waals surface area contributed by atoms with Crippen LogP contribution in [0.3, 0.4) is 0 Å². The van der Waals surface area contributed by atoms with E-state index >= 15 is 0 Å². The van der Waals surface area contributed by atoms with Gasteiger partial charge in [-0.1, -0.05) is 18.2 Å². The second-order valence-electron chi connectivity index (χ2n) is 4.70. The molecular weight excluding hydrogens is 284 g/mol. The van der Waals surface area contributed by atoms with Gasteiger partial charge >= 0.3 is 6.03 Å². The Bertz CT molecular complexity index is 586. The number of nitrogens with zero attached hydrogens (tertiary/aromatic N) is 2. The van der Waals surface area contributed by atoms with Crippen LogP contribution in [0.4, 0.5) is 4.79 Å². The lowest BCUT2D eigenvalue weighted by molar-refractivity contribution is 0.169. The molecule has 1 atom stereocenters. The van der Waals surface area contributed by atoms with E-state index in [0.717, 1.165) is 0 Å². The zero-order chi connectivity index (χ0) is 15.8. The number of aromatic nitrogens is 2. The number of benzene rings is 1. The van der Waals surface area contributed by atoms with Crippen LogP contribution in [-0.2, 0) is 6.54 Å². The normalized spacial score (nSPS) is 11.7. The van der Waals surface area contributed by atoms with E-state index in [9.17, 15) is 9.90 Å². The van der Waals surface area contributed by atoms with Crippen LogP contribution in [0.1, 0.15) is 11.7 Å². The molecule has 0 bridgehead atoms. The van der Waals surface area contributed by atoms with Crippen molar-refractivity contribution in [1.82, 2.24) is 20.2 Å². The predicted molar refractivity (Wildman–Crippen MR) is 81.6 cm³/mol. The molecule has 1 aromatic carbocycles. The monoisotopic (exact) mass is 304 g/mol. The summed E-state index contributed by atoms with van der Waals surface area (Å²) in [6.45, 7) is 1.23. The van der Waals surface area contributed by atoms with E-state index in [4.69, 9.17) is 4.74 Å². The van der Waals surface area contributed by atoms with Crippen molar-refractivity contribution in [2.45, 2.75) is 12.6 Å². The molecule has 0 fully saturated rings. The van der Waals surface area contributed by atoms with Crippen molar-refractivity contribution in [2.24, 2.45) is 0 Å². The lowest BCUT2D eigenvalue weighted by atomic mass is 10.1. The summed E-state index contributed by atoms with van der Waals surface area (Å²) in [6.07, 6.45) is 4.37. The van der Waals surface area contributed by atoms with E-state index in [-0.39, 0.29) is 12.6 Å². The number of carbonyl (C=O) groups excluding carboxylic acids is 1. The van der Waals surface area contributed by atoms with Gasteiger partial charge in [0.25, 0.3) is 0 Å². The lowest BCUT2D eigenvalue weighted by Crippen LogP contribution is -2.39. The molecule has 2 rings (SSSR count). The molecule has 0 saturated carbocycles. The van der Waals surface area contributed by atoms with Gasteiger partial charge < -0.3 is 25.0 Å². The maximum atomic E-state index is 11.7. The van der Waals surface area contributed by atoms with Gasteiger partial charge in [0.2, 0.25) is 0 Å². The van der Waals surface area contributed by atoms with Gasteiger partial charge in [0.15, 0.2) is 0 Å². The number of methoxy groups -OCH3 is 1. The van der Waals surface area contributed by atoms with Gasteiger partial charge in [-0.25, -0.2) is 9.78 Å². The Hall–Kier alpha value is -2.54. The Morgan fingerprint density at radius 2 is 2.23 bits per heavy atom. The fraction of sp³-hybridized carbons (Fsp3) is 0.333. The molecule has 7 heteroatoms. The van der Waals surface area contributed by atoms with Crippen molar-refractivity contribution >= 4 is 6.03 Å². The molecule has 0 aliphatic carbocycles. The quantitative estimate of drug-likeness (QED) is 0.710. The summed E-state index contributed by atoms with van der Waals surface area (Å²) in [5, 5.41) is 15.5. The Balaban J connectivity index is 1.73. The Morgan fingerprint density at radius 3 is 2.95 bits per heavy atom. The lowest BCUT2D eigenvalue weighted by Gasteiger charge is -2.15. The molecule has 1 unspecified atom stereocenters. The van der Waals surface area contributed by atoms with E-state index in [1.165, 1.54) is 0 Å². The van der Waals surface area contributed by atoms with Crippen molar-refractivity contribution in [1.29, 1.82) is 0 Å². The first-order valence-corrected chi connectivity index (χ1v) is 6.99. The first-order valence-electron chi connectivity index (χ1n) is 6.99. The second-order valence-corrected chi connectivity index (χ2v) is 4.70. The first-order chi connectivity index (χ1) is 10.7. The minimum absolute atomic E-state index is 0.108. The van der Waals surface area contributed by atoms with E-state index < -0.39 is 6.10 Å². The van der Waals surface area contributed by atoms with Crippen molar-refractivity contribution in [3.8, 4) is 5.75 Å². The van der Waals surface area contributed by atoms with Gasteiger partial charge in [-0.2, -0.15) is 0 Å². The van der Waals surface area contributed by atoms with Crippen LogP contribution in [0.5, 0.6) is 5.75 Å². The number of rotatable bonds is 7. The smallest absolute Gasteiger partial charge is 0.314 e. The SMILES string of the molecule is COc1ccccc1C(O)CNC(=O)NCCn1ccnc1. The first kappa shape index (κ1) is 15.8. The fourth-order valence-electron chi connectivity index (χ4n) is 2.02. The Labute approximate surface area is 128 Å². The zero-order valence-electron chi connectivity index (χ0n) is 12.4. The van der Waals surface area contributed by atoms with Crippen LogP contribution < -0.4 is 15.4 Å². The van der Waals surface area contributed by atoms with Gasteiger partial charge in [0.05, 0.1) is 19.5 Å². The number of ether oxygens (including phenoxy) is 1. The molecule has 0 aliphatic rings. The summed E-state index contributed by atoms with van der Waals surface area (Å²) < 4.78 is 7.05. The molecule has 118 valence electrons. The number of amides is 2. The average Bonchev–Trinajstić information content (AvgIpc) is 3.06. The zero-order valence-corrected chi connectivity index (χ0v) is 12.4. The van der Waals surface area contributed by atoms with Crippen LogP contribution in [0.2, 0.25) is 0 Å². The minimum atomic E-state index is -0.824. The highest BCUT2D eigenvalue weighted by molar-refractivity contribution is 5.73. The Kier molecular flexibility index (Phi) is 5.79. The number of nitrogens with one attached hydrogen (secondary N) is 2. The van der Waals surface area contributed by atoms with Gasteiger partial charge in [-0.15, -0.1) is 0 Å². The van der Waals surface area contributed by atoms with Crippen LogP contribution in [0, 0.1) is 0 Å². The van der Waals surface area contributed by atoms with Crippen molar-refractivity contribution in [3.05, 3.63) is 48.5 Å². The average molecular weight is 304 g/mol. The Morgan fingerprint density at radius 1 is 1.41 bits per heavy atom. The van der Waals surface area contributed by atoms with Gasteiger partial charge in [-0.3, -0.25) is 0 Å². The molecule has 0 saturated heterocycles. The minimum Gasteiger partial charge on any atom is -0.496 e. The van der Waals surface area contributed by atoms with Crippen LogP contribution >= 0.6 is 0 Å². The van der Waals surface area contributed by atoms with E-state index in [0.29, 0.717) is 24.4 Å². The second kappa shape index (κ2) is 8.04. The standard InChI is InChI=1S/C15H20N4O3/c1-22-14-5-3-2-4-12(14)13(20)10-18-15(21)17-7-9-19-8-6-16-11-19/h2-6,8,11,13,20H,7,9-10H2,1H3,(H2,17,18,21). The summed E-state index contributed by atoms with van der Waals surface area (Å²) in [7, 11) is 1.54. The summed E-state index contributed by atoms with van der Waals surface area (Å²) in [5.74, 6) is 0.595. The number of aliphatic hydroxyl groups excluding tert-OH is 1. The molecule has 1 aromatic heterocycles. The number of aliphatic hydroxyl groups is 1. The maximum Gasteiger partial charge on any atom is 0.314 e. The largest absolute Gasteiger partial charge is 0.496 e. The highest BCUT2D eigenvalue weighted by Gasteiger charge is 2.13. The molecule has 7 nitrogen and oxygen atoms in total. The molecule has 0 spiro atoms. The molecular formula is C15H20N4O3. The molecule has 2 aromatic rings. The van der Waals surface area contributed by atoms with E-state index in [2.05, 4.69) is 15.6 Å². The molecule has 3 N–H and O–H groups in total. The number of para-hydroxylation sites is 1. The van der Waals surface area contributed by atoms with Crippen molar-refractivity contribution in [2.75, 3.05) is 20.2 Å². The van der Waals surface area contributed by atoms with Crippen LogP contribution in [0.15, 0.2) is 43.0 Å². The van der Waals surface area contributed by atoms with Gasteiger partial charge in [-0.05, 0) is 6.07 Å². The predicted octanol–water partition coefficient (Wildman–Crippen LogP) is 0.924. The number of carbonyl (C=O) groups is 1. The van der Waals surface area contributed by atoms with Crippen LogP contribution in [-0.4, -0.2) is 40.9 Å². The summed E-state index contributed by atoms with van der Waals surface area (Å²) in [6, 6.07) is 6.85. The maximum absolute atomic E-state index is 11.7. The summed E-state index contributed by atoms with van der Waals surface area (Å²) >= 11 is 0. The molecule has 0 aliphatic heterocycles. The topological polar surface area (TPSA) is 88.4 Å². The number of urea groups is 1. The molecule has 22 heavy (non-hydrogen) atoms. The highest BCUT2D eigenvalue weighted by atomic mass is 16.5. The van der Waals surface area contributed by atoms with E-state index in [1.54, 1.807) is 31.8 Å². The third-order valence-corrected chi connectivity index (χ3v) is 3.17. The molecule has 1 heterocycles. The van der Waals surface area contributed by atoms with Crippen LogP contribution in [0.25, 0.3) is 0 Å². The third kappa shape index (κ3) is 4.49. The van der Waals surface area contributed by atoms with E-state index in [1.807, 2.05) is 22.9 Å². The van der Waals surface area contributed by atoms with Crippen molar-refractivity contribution < 1.29 is 14.6 Å². The number of imidazole rings is 1. The van der Waals surface area contributed by atoms with Crippen molar-refractivity contribution in [3.63, 3.8) is 0 Å². The number of hydrogen-bond acceptors (Lipinski definition) is 4. The third-order valence-electron chi connectivity index (χ3n) is 3.17. The van der Waals surface area contributed by atoms with Gasteiger partial charge in [0, 0.05) is 37.6 Å². The molecule has 2 amide bonds.